The lowest BCUT2D eigenvalue weighted by molar-refractivity contribution is 0.286. The Balaban J connectivity index is 2.39. The van der Waals surface area contributed by atoms with Crippen molar-refractivity contribution in [3.63, 3.8) is 0 Å². The molecular weight excluding hydrogens is 214 g/mol. The molecule has 2 N–H and O–H groups in total. The number of rotatable bonds is 8. The smallest absolute Gasteiger partial charge is 0.120 e. The molecule has 0 fully saturated rings. The molecule has 1 rings (SSSR count). The minimum atomic E-state index is 0.231. The van der Waals surface area contributed by atoms with E-state index in [-0.39, 0.29) is 6.61 Å². The van der Waals surface area contributed by atoms with Gasteiger partial charge in [-0.3, -0.25) is 0 Å². The van der Waals surface area contributed by atoms with Gasteiger partial charge in [-0.05, 0) is 43.2 Å². The van der Waals surface area contributed by atoms with Crippen molar-refractivity contribution < 1.29 is 9.84 Å². The molecule has 0 bridgehead atoms. The van der Waals surface area contributed by atoms with Gasteiger partial charge in [-0.1, -0.05) is 18.7 Å². The molecule has 1 aromatic carbocycles. The van der Waals surface area contributed by atoms with Crippen LogP contribution in [-0.4, -0.2) is 24.9 Å². The molecule has 0 amide bonds. The lowest BCUT2D eigenvalue weighted by Crippen LogP contribution is -2.15. The van der Waals surface area contributed by atoms with Crippen molar-refractivity contribution >= 4 is 0 Å². The minimum absolute atomic E-state index is 0.231. The fraction of sp³-hybridized carbons (Fsp3) is 0.429. The molecule has 0 aliphatic heterocycles. The summed E-state index contributed by atoms with van der Waals surface area (Å²) in [5, 5.41) is 11.9. The summed E-state index contributed by atoms with van der Waals surface area (Å²) in [4.78, 5) is 0. The maximum absolute atomic E-state index is 8.66. The van der Waals surface area contributed by atoms with Crippen LogP contribution in [0, 0.1) is 0 Å². The van der Waals surface area contributed by atoms with Crippen molar-refractivity contribution in [2.75, 3.05) is 19.8 Å². The van der Waals surface area contributed by atoms with Crippen molar-refractivity contribution in [2.45, 2.75) is 19.9 Å². The number of aliphatic hydroxyl groups is 1. The Hall–Kier alpha value is -1.32. The minimum Gasteiger partial charge on any atom is -0.489 e. The summed E-state index contributed by atoms with van der Waals surface area (Å²) in [7, 11) is 0. The Bertz CT molecular complexity index is 350. The highest BCUT2D eigenvalue weighted by Crippen LogP contribution is 2.13. The van der Waals surface area contributed by atoms with Crippen LogP contribution in [0.15, 0.2) is 36.4 Å². The third-order valence-electron chi connectivity index (χ3n) is 2.22. The Labute approximate surface area is 103 Å². The zero-order valence-corrected chi connectivity index (χ0v) is 10.4. The first-order valence-corrected chi connectivity index (χ1v) is 5.90. The first-order chi connectivity index (χ1) is 8.22. The van der Waals surface area contributed by atoms with E-state index in [4.69, 9.17) is 9.84 Å². The Morgan fingerprint density at radius 3 is 3.00 bits per heavy atom. The van der Waals surface area contributed by atoms with E-state index in [9.17, 15) is 0 Å². The zero-order chi connectivity index (χ0) is 12.5. The molecule has 0 spiro atoms. The van der Waals surface area contributed by atoms with Crippen molar-refractivity contribution in [3.05, 3.63) is 42.0 Å². The van der Waals surface area contributed by atoms with Crippen molar-refractivity contribution in [3.8, 4) is 5.75 Å². The summed E-state index contributed by atoms with van der Waals surface area (Å²) in [6, 6.07) is 8.01. The quantitative estimate of drug-likeness (QED) is 0.535. The molecule has 0 heterocycles. The third kappa shape index (κ3) is 6.09. The van der Waals surface area contributed by atoms with E-state index in [0.717, 1.165) is 30.8 Å². The van der Waals surface area contributed by atoms with E-state index in [2.05, 4.69) is 18.0 Å². The summed E-state index contributed by atoms with van der Waals surface area (Å²) in [5.41, 5.74) is 2.19. The van der Waals surface area contributed by atoms with Gasteiger partial charge in [0.25, 0.3) is 0 Å². The Kier molecular flexibility index (Phi) is 6.37. The van der Waals surface area contributed by atoms with E-state index < -0.39 is 0 Å². The topological polar surface area (TPSA) is 41.5 Å². The molecule has 0 unspecified atom stereocenters. The van der Waals surface area contributed by atoms with Crippen LogP contribution in [0.1, 0.15) is 18.9 Å². The van der Waals surface area contributed by atoms with Gasteiger partial charge in [0.05, 0.1) is 0 Å². The average molecular weight is 235 g/mol. The van der Waals surface area contributed by atoms with Crippen LogP contribution in [0.5, 0.6) is 5.75 Å². The number of ether oxygens (including phenoxy) is 1. The van der Waals surface area contributed by atoms with Gasteiger partial charge in [0.2, 0.25) is 0 Å². The molecular formula is C14H21NO2. The van der Waals surface area contributed by atoms with Gasteiger partial charge >= 0.3 is 0 Å². The summed E-state index contributed by atoms with van der Waals surface area (Å²) in [6.45, 7) is 8.16. The van der Waals surface area contributed by atoms with Gasteiger partial charge in [-0.2, -0.15) is 0 Å². The van der Waals surface area contributed by atoms with Gasteiger partial charge < -0.3 is 15.2 Å². The average Bonchev–Trinajstić information content (AvgIpc) is 2.33. The van der Waals surface area contributed by atoms with Crippen molar-refractivity contribution in [1.29, 1.82) is 0 Å². The second-order valence-electron chi connectivity index (χ2n) is 4.15. The molecule has 0 saturated heterocycles. The summed E-state index contributed by atoms with van der Waals surface area (Å²) in [5.74, 6) is 0.870. The third-order valence-corrected chi connectivity index (χ3v) is 2.22. The number of hydrogen-bond acceptors (Lipinski definition) is 3. The van der Waals surface area contributed by atoms with Crippen LogP contribution < -0.4 is 10.1 Å². The van der Waals surface area contributed by atoms with Crippen LogP contribution >= 0.6 is 0 Å². The predicted octanol–water partition coefficient (Wildman–Crippen LogP) is 2.11. The fourth-order valence-corrected chi connectivity index (χ4v) is 1.39. The number of aliphatic hydroxyl groups excluding tert-OH is 1. The lowest BCUT2D eigenvalue weighted by atomic mass is 10.2. The molecule has 1 aromatic rings. The van der Waals surface area contributed by atoms with Gasteiger partial charge in [0.15, 0.2) is 0 Å². The second kappa shape index (κ2) is 7.87. The summed E-state index contributed by atoms with van der Waals surface area (Å²) < 4.78 is 5.57. The van der Waals surface area contributed by atoms with Gasteiger partial charge in [0.1, 0.15) is 12.4 Å². The van der Waals surface area contributed by atoms with Crippen molar-refractivity contribution in [1.82, 2.24) is 5.32 Å². The summed E-state index contributed by atoms with van der Waals surface area (Å²) in [6.07, 6.45) is 0.784. The molecule has 3 heteroatoms. The van der Waals surface area contributed by atoms with Gasteiger partial charge in [-0.25, -0.2) is 0 Å². The SMILES string of the molecule is C=C(C)COc1cccc(CNCCCO)c1. The fourth-order valence-electron chi connectivity index (χ4n) is 1.39. The molecule has 0 radical (unpaired) electrons. The monoisotopic (exact) mass is 235 g/mol. The normalized spacial score (nSPS) is 10.2. The van der Waals surface area contributed by atoms with Crippen LogP contribution in [0.2, 0.25) is 0 Å². The summed E-state index contributed by atoms with van der Waals surface area (Å²) >= 11 is 0. The first kappa shape index (κ1) is 13.7. The maximum Gasteiger partial charge on any atom is 0.120 e. The zero-order valence-electron chi connectivity index (χ0n) is 10.4. The van der Waals surface area contributed by atoms with Gasteiger partial charge in [-0.15, -0.1) is 0 Å². The number of hydrogen-bond donors (Lipinski definition) is 2. The largest absolute Gasteiger partial charge is 0.489 e. The molecule has 94 valence electrons. The predicted molar refractivity (Wildman–Crippen MR) is 70.2 cm³/mol. The van der Waals surface area contributed by atoms with Crippen LogP contribution in [0.3, 0.4) is 0 Å². The lowest BCUT2D eigenvalue weighted by Gasteiger charge is -2.08. The van der Waals surface area contributed by atoms with E-state index in [1.165, 1.54) is 5.56 Å². The van der Waals surface area contributed by atoms with Crippen LogP contribution in [0.4, 0.5) is 0 Å². The Morgan fingerprint density at radius 2 is 2.29 bits per heavy atom. The molecule has 0 saturated carbocycles. The highest BCUT2D eigenvalue weighted by molar-refractivity contribution is 5.28. The maximum atomic E-state index is 8.66. The van der Waals surface area contributed by atoms with Crippen LogP contribution in [-0.2, 0) is 6.54 Å². The van der Waals surface area contributed by atoms with E-state index in [1.54, 1.807) is 0 Å². The molecule has 17 heavy (non-hydrogen) atoms. The Morgan fingerprint density at radius 1 is 1.47 bits per heavy atom. The van der Waals surface area contributed by atoms with Gasteiger partial charge in [0, 0.05) is 13.2 Å². The number of benzene rings is 1. The van der Waals surface area contributed by atoms with E-state index >= 15 is 0 Å². The molecule has 0 aliphatic carbocycles. The molecule has 0 atom stereocenters. The molecule has 0 aliphatic rings. The van der Waals surface area contributed by atoms with Crippen LogP contribution in [0.25, 0.3) is 0 Å². The van der Waals surface area contributed by atoms with Crippen molar-refractivity contribution in [2.24, 2.45) is 0 Å². The molecule has 3 nitrogen and oxygen atoms in total. The first-order valence-electron chi connectivity index (χ1n) is 5.90. The highest BCUT2D eigenvalue weighted by Gasteiger charge is 1.97. The highest BCUT2D eigenvalue weighted by atomic mass is 16.5. The molecule has 0 aromatic heterocycles. The van der Waals surface area contributed by atoms with E-state index in [1.807, 2.05) is 25.1 Å². The van der Waals surface area contributed by atoms with E-state index in [0.29, 0.717) is 6.61 Å². The standard InChI is InChI=1S/C14H21NO2/c1-12(2)11-17-14-6-3-5-13(9-14)10-15-7-4-8-16/h3,5-6,9,15-16H,1,4,7-8,10-11H2,2H3. The second-order valence-corrected chi connectivity index (χ2v) is 4.15. The number of nitrogens with one attached hydrogen (secondary N) is 1.